The van der Waals surface area contributed by atoms with E-state index in [4.69, 9.17) is 4.74 Å². The molecule has 0 fully saturated rings. The van der Waals surface area contributed by atoms with Crippen LogP contribution in [-0.2, 0) is 14.3 Å². The van der Waals surface area contributed by atoms with Gasteiger partial charge in [0, 0.05) is 25.9 Å². The van der Waals surface area contributed by atoms with Gasteiger partial charge in [-0.05, 0) is 49.9 Å². The zero-order valence-electron chi connectivity index (χ0n) is 17.6. The first-order valence-electron chi connectivity index (χ1n) is 9.79. The molecule has 2 aromatic carbocycles. The van der Waals surface area contributed by atoms with Gasteiger partial charge in [0.05, 0.1) is 24.3 Å². The molecule has 0 aliphatic rings. The summed E-state index contributed by atoms with van der Waals surface area (Å²) in [6, 6.07) is 11.9. The van der Waals surface area contributed by atoms with Crippen molar-refractivity contribution >= 4 is 29.1 Å². The molecule has 0 aliphatic carbocycles. The Balaban J connectivity index is 1.89. The van der Waals surface area contributed by atoms with Crippen LogP contribution in [0, 0.1) is 5.82 Å². The first-order valence-corrected chi connectivity index (χ1v) is 9.79. The molecule has 166 valence electrons. The zero-order chi connectivity index (χ0) is 22.6. The van der Waals surface area contributed by atoms with Crippen LogP contribution < -0.4 is 16.0 Å². The van der Waals surface area contributed by atoms with Gasteiger partial charge in [-0.3, -0.25) is 19.3 Å². The molecule has 0 saturated carbocycles. The third kappa shape index (κ3) is 8.53. The van der Waals surface area contributed by atoms with Crippen molar-refractivity contribution in [1.29, 1.82) is 0 Å². The summed E-state index contributed by atoms with van der Waals surface area (Å²) in [5.74, 6) is -1.40. The molecule has 0 aromatic heterocycles. The lowest BCUT2D eigenvalue weighted by atomic mass is 10.1. The Hall–Kier alpha value is -3.30. The summed E-state index contributed by atoms with van der Waals surface area (Å²) in [7, 11) is 3.25. The monoisotopic (exact) mass is 430 g/mol. The maximum absolute atomic E-state index is 13.0. The number of hydrogen-bond acceptors (Lipinski definition) is 5. The topological polar surface area (TPSA) is 99.8 Å². The molecule has 9 heteroatoms. The lowest BCUT2D eigenvalue weighted by Gasteiger charge is -2.17. The maximum atomic E-state index is 13.0. The summed E-state index contributed by atoms with van der Waals surface area (Å²) in [4.78, 5) is 38.5. The van der Waals surface area contributed by atoms with E-state index in [1.807, 2.05) is 0 Å². The van der Waals surface area contributed by atoms with E-state index in [2.05, 4.69) is 16.0 Å². The van der Waals surface area contributed by atoms with Crippen LogP contribution in [0.25, 0.3) is 0 Å². The van der Waals surface area contributed by atoms with Crippen molar-refractivity contribution in [3.63, 3.8) is 0 Å². The number of benzene rings is 2. The number of rotatable bonds is 11. The fourth-order valence-electron chi connectivity index (χ4n) is 2.76. The van der Waals surface area contributed by atoms with Gasteiger partial charge < -0.3 is 20.7 Å². The van der Waals surface area contributed by atoms with E-state index in [1.165, 1.54) is 24.3 Å². The highest BCUT2D eigenvalue weighted by atomic mass is 19.1. The van der Waals surface area contributed by atoms with E-state index in [1.54, 1.807) is 43.3 Å². The molecule has 0 unspecified atom stereocenters. The molecule has 2 rings (SSSR count). The predicted octanol–water partition coefficient (Wildman–Crippen LogP) is 2.10. The number of halogens is 1. The van der Waals surface area contributed by atoms with Gasteiger partial charge in [-0.15, -0.1) is 0 Å². The molecule has 2 aromatic rings. The highest BCUT2D eigenvalue weighted by Crippen LogP contribution is 2.18. The molecular formula is C22H27FN4O4. The summed E-state index contributed by atoms with van der Waals surface area (Å²) in [6.07, 6.45) is 0.712. The Kier molecular flexibility index (Phi) is 9.60. The molecule has 0 atom stereocenters. The van der Waals surface area contributed by atoms with E-state index in [0.717, 1.165) is 0 Å². The van der Waals surface area contributed by atoms with Crippen molar-refractivity contribution in [2.75, 3.05) is 51.0 Å². The van der Waals surface area contributed by atoms with Crippen LogP contribution in [0.4, 0.5) is 15.8 Å². The summed E-state index contributed by atoms with van der Waals surface area (Å²) >= 11 is 0. The predicted molar refractivity (Wildman–Crippen MR) is 116 cm³/mol. The molecule has 0 bridgehead atoms. The van der Waals surface area contributed by atoms with E-state index in [0.29, 0.717) is 30.9 Å². The third-order valence-electron chi connectivity index (χ3n) is 4.22. The number of para-hydroxylation sites is 1. The van der Waals surface area contributed by atoms with Crippen molar-refractivity contribution in [3.05, 3.63) is 59.9 Å². The normalized spacial score (nSPS) is 10.6. The van der Waals surface area contributed by atoms with Crippen molar-refractivity contribution in [2.45, 2.75) is 6.42 Å². The van der Waals surface area contributed by atoms with E-state index in [-0.39, 0.29) is 30.5 Å². The van der Waals surface area contributed by atoms with Gasteiger partial charge in [-0.1, -0.05) is 12.1 Å². The highest BCUT2D eigenvalue weighted by Gasteiger charge is 2.15. The van der Waals surface area contributed by atoms with Crippen LogP contribution in [0.3, 0.4) is 0 Å². The number of carbonyl (C=O) groups excluding carboxylic acids is 3. The molecule has 3 amide bonds. The van der Waals surface area contributed by atoms with Crippen molar-refractivity contribution in [2.24, 2.45) is 0 Å². The summed E-state index contributed by atoms with van der Waals surface area (Å²) in [5.41, 5.74) is 1.03. The minimum atomic E-state index is -0.439. The lowest BCUT2D eigenvalue weighted by Crippen LogP contribution is -2.39. The Morgan fingerprint density at radius 1 is 0.968 bits per heavy atom. The lowest BCUT2D eigenvalue weighted by molar-refractivity contribution is -0.123. The molecule has 0 radical (unpaired) electrons. The minimum Gasteiger partial charge on any atom is -0.385 e. The summed E-state index contributed by atoms with van der Waals surface area (Å²) in [5, 5.41) is 8.12. The number of methoxy groups -OCH3 is 1. The average Bonchev–Trinajstić information content (AvgIpc) is 2.73. The zero-order valence-corrected chi connectivity index (χ0v) is 17.6. The quantitative estimate of drug-likeness (QED) is 0.474. The van der Waals surface area contributed by atoms with Gasteiger partial charge >= 0.3 is 0 Å². The number of likely N-dealkylation sites (N-methyl/N-ethyl adjacent to an activating group) is 1. The molecule has 0 spiro atoms. The van der Waals surface area contributed by atoms with E-state index in [9.17, 15) is 18.8 Å². The highest BCUT2D eigenvalue weighted by molar-refractivity contribution is 6.10. The second kappa shape index (κ2) is 12.4. The van der Waals surface area contributed by atoms with Crippen LogP contribution >= 0.6 is 0 Å². The largest absolute Gasteiger partial charge is 0.385 e. The second-order valence-electron chi connectivity index (χ2n) is 6.92. The molecule has 0 aliphatic heterocycles. The van der Waals surface area contributed by atoms with Crippen LogP contribution in [-0.4, -0.2) is 63.0 Å². The van der Waals surface area contributed by atoms with Crippen LogP contribution in [0.2, 0.25) is 0 Å². The molecule has 31 heavy (non-hydrogen) atoms. The van der Waals surface area contributed by atoms with Crippen molar-refractivity contribution < 1.29 is 23.5 Å². The van der Waals surface area contributed by atoms with E-state index < -0.39 is 11.7 Å². The van der Waals surface area contributed by atoms with Crippen LogP contribution in [0.1, 0.15) is 16.8 Å². The summed E-state index contributed by atoms with van der Waals surface area (Å²) < 4.78 is 18.0. The van der Waals surface area contributed by atoms with Crippen LogP contribution in [0.5, 0.6) is 0 Å². The average molecular weight is 430 g/mol. The van der Waals surface area contributed by atoms with Crippen LogP contribution in [0.15, 0.2) is 48.5 Å². The van der Waals surface area contributed by atoms with Crippen molar-refractivity contribution in [3.8, 4) is 0 Å². The molecule has 3 N–H and O–H groups in total. The smallest absolute Gasteiger partial charge is 0.257 e. The Labute approximate surface area is 180 Å². The fraction of sp³-hybridized carbons (Fsp3) is 0.318. The Bertz CT molecular complexity index is 889. The van der Waals surface area contributed by atoms with Gasteiger partial charge in [-0.2, -0.15) is 0 Å². The Morgan fingerprint density at radius 2 is 1.65 bits per heavy atom. The number of anilines is 2. The number of nitrogens with one attached hydrogen (secondary N) is 3. The molecule has 0 heterocycles. The number of amides is 3. The van der Waals surface area contributed by atoms with Gasteiger partial charge in [0.15, 0.2) is 0 Å². The fourth-order valence-corrected chi connectivity index (χ4v) is 2.76. The number of ether oxygens (including phenoxy) is 1. The number of hydrogen-bond donors (Lipinski definition) is 3. The maximum Gasteiger partial charge on any atom is 0.257 e. The molecular weight excluding hydrogens is 403 g/mol. The standard InChI is InChI=1S/C22H27FN4O4/c1-27(14-20(28)24-12-5-13-31-2)15-21(29)26-19-7-4-3-6-18(19)22(30)25-17-10-8-16(23)9-11-17/h3-4,6-11H,5,12-15H2,1-2H3,(H,24,28)(H,25,30)(H,26,29). The van der Waals surface area contributed by atoms with Gasteiger partial charge in [0.1, 0.15) is 5.82 Å². The van der Waals surface area contributed by atoms with Gasteiger partial charge in [-0.25, -0.2) is 4.39 Å². The third-order valence-corrected chi connectivity index (χ3v) is 4.22. The number of carbonyl (C=O) groups is 3. The SMILES string of the molecule is COCCCNC(=O)CN(C)CC(=O)Nc1ccccc1C(=O)Nc1ccc(F)cc1. The van der Waals surface area contributed by atoms with Gasteiger partial charge in [0.2, 0.25) is 11.8 Å². The number of nitrogens with zero attached hydrogens (tertiary/aromatic N) is 1. The summed E-state index contributed by atoms with van der Waals surface area (Å²) in [6.45, 7) is 1.10. The Morgan fingerprint density at radius 3 is 2.35 bits per heavy atom. The second-order valence-corrected chi connectivity index (χ2v) is 6.92. The first kappa shape index (κ1) is 24.0. The minimum absolute atomic E-state index is 0.0284. The van der Waals surface area contributed by atoms with Crippen molar-refractivity contribution in [1.82, 2.24) is 10.2 Å². The van der Waals surface area contributed by atoms with E-state index >= 15 is 0 Å². The first-order chi connectivity index (χ1) is 14.9. The molecule has 8 nitrogen and oxygen atoms in total. The molecule has 0 saturated heterocycles. The van der Waals surface area contributed by atoms with Gasteiger partial charge in [0.25, 0.3) is 5.91 Å².